The highest BCUT2D eigenvalue weighted by Crippen LogP contribution is 2.45. The van der Waals surface area contributed by atoms with Crippen molar-refractivity contribution in [2.45, 2.75) is 25.8 Å². The van der Waals surface area contributed by atoms with E-state index < -0.39 is 0 Å². The molecule has 2 aliphatic carbocycles. The lowest BCUT2D eigenvalue weighted by Crippen LogP contribution is -2.28. The topological polar surface area (TPSA) is 17.0 Å². The van der Waals surface area contributed by atoms with Crippen molar-refractivity contribution in [3.8, 4) is 5.69 Å². The fourth-order valence-electron chi connectivity index (χ4n) is 4.03. The maximum Gasteiger partial charge on any atom is 0.0469 e. The minimum atomic E-state index is 0.532. The molecule has 0 amide bonds. The number of nitrogens with zero attached hydrogens (tertiary/aromatic N) is 1. The number of aromatic nitrogens is 1. The molecule has 2 aromatic rings. The number of hydrogen-bond donors (Lipinski definition) is 1. The standard InChI is InChI=1S/C19H22N2/c1-14(19-12-15-7-8-16(19)11-15)20-17-5-4-6-18(13-17)21-9-2-3-10-21/h2-10,13-16,19-20H,11-12H2,1H3. The molecule has 2 bridgehead atoms. The zero-order valence-corrected chi connectivity index (χ0v) is 12.4. The van der Waals surface area contributed by atoms with Crippen molar-refractivity contribution in [2.75, 3.05) is 5.32 Å². The highest BCUT2D eigenvalue weighted by molar-refractivity contribution is 5.52. The number of allylic oxidation sites excluding steroid dienone is 2. The van der Waals surface area contributed by atoms with Gasteiger partial charge in [-0.2, -0.15) is 0 Å². The van der Waals surface area contributed by atoms with Crippen LogP contribution in [0.3, 0.4) is 0 Å². The first-order valence-electron chi connectivity index (χ1n) is 7.98. The summed E-state index contributed by atoms with van der Waals surface area (Å²) in [5, 5.41) is 3.72. The van der Waals surface area contributed by atoms with Gasteiger partial charge >= 0.3 is 0 Å². The second-order valence-corrected chi connectivity index (χ2v) is 6.52. The Hall–Kier alpha value is -1.96. The maximum atomic E-state index is 3.72. The Bertz CT molecular complexity index is 641. The van der Waals surface area contributed by atoms with Gasteiger partial charge in [-0.15, -0.1) is 0 Å². The molecule has 0 aliphatic heterocycles. The van der Waals surface area contributed by atoms with E-state index in [1.165, 1.54) is 24.2 Å². The van der Waals surface area contributed by atoms with E-state index >= 15 is 0 Å². The van der Waals surface area contributed by atoms with Gasteiger partial charge in [0, 0.05) is 29.8 Å². The van der Waals surface area contributed by atoms with Crippen LogP contribution in [0.15, 0.2) is 60.9 Å². The number of fused-ring (bicyclic) bond motifs is 2. The fraction of sp³-hybridized carbons (Fsp3) is 0.368. The maximum absolute atomic E-state index is 3.72. The number of hydrogen-bond acceptors (Lipinski definition) is 1. The zero-order chi connectivity index (χ0) is 14.2. The molecule has 2 nitrogen and oxygen atoms in total. The summed E-state index contributed by atoms with van der Waals surface area (Å²) in [4.78, 5) is 0. The number of benzene rings is 1. The number of nitrogens with one attached hydrogen (secondary N) is 1. The van der Waals surface area contributed by atoms with Crippen LogP contribution in [0.4, 0.5) is 5.69 Å². The predicted molar refractivity (Wildman–Crippen MR) is 87.7 cm³/mol. The molecule has 0 spiro atoms. The van der Waals surface area contributed by atoms with Gasteiger partial charge in [0.2, 0.25) is 0 Å². The highest BCUT2D eigenvalue weighted by Gasteiger charge is 2.38. The normalized spacial score (nSPS) is 28.0. The SMILES string of the molecule is CC(Nc1cccc(-n2cccc2)c1)C1CC2C=CC1C2. The van der Waals surface area contributed by atoms with Gasteiger partial charge in [-0.05, 0) is 67.9 Å². The summed E-state index contributed by atoms with van der Waals surface area (Å²) in [6.07, 6.45) is 11.8. The van der Waals surface area contributed by atoms with Gasteiger partial charge in [0.25, 0.3) is 0 Å². The van der Waals surface area contributed by atoms with Crippen molar-refractivity contribution >= 4 is 5.69 Å². The summed E-state index contributed by atoms with van der Waals surface area (Å²) in [6, 6.07) is 13.3. The van der Waals surface area contributed by atoms with Crippen molar-refractivity contribution in [1.29, 1.82) is 0 Å². The molecule has 1 aromatic carbocycles. The molecule has 1 N–H and O–H groups in total. The molecular formula is C19H22N2. The van der Waals surface area contributed by atoms with Crippen LogP contribution < -0.4 is 5.32 Å². The summed E-state index contributed by atoms with van der Waals surface area (Å²) >= 11 is 0. The minimum Gasteiger partial charge on any atom is -0.382 e. The Kier molecular flexibility index (Phi) is 3.10. The van der Waals surface area contributed by atoms with Crippen LogP contribution in [0.25, 0.3) is 5.69 Å². The van der Waals surface area contributed by atoms with E-state index in [0.29, 0.717) is 6.04 Å². The molecular weight excluding hydrogens is 256 g/mol. The molecule has 2 heteroatoms. The van der Waals surface area contributed by atoms with E-state index in [2.05, 4.69) is 77.8 Å². The van der Waals surface area contributed by atoms with E-state index in [-0.39, 0.29) is 0 Å². The molecule has 2 aliphatic rings. The molecule has 21 heavy (non-hydrogen) atoms. The lowest BCUT2D eigenvalue weighted by atomic mass is 9.87. The number of anilines is 1. The summed E-state index contributed by atoms with van der Waals surface area (Å²) in [5.74, 6) is 2.43. The largest absolute Gasteiger partial charge is 0.382 e. The average Bonchev–Trinajstić information content (AvgIpc) is 3.24. The third kappa shape index (κ3) is 2.39. The number of rotatable bonds is 4. The first kappa shape index (κ1) is 12.8. The average molecular weight is 278 g/mol. The van der Waals surface area contributed by atoms with Crippen molar-refractivity contribution in [3.63, 3.8) is 0 Å². The zero-order valence-electron chi connectivity index (χ0n) is 12.4. The van der Waals surface area contributed by atoms with Gasteiger partial charge in [0.15, 0.2) is 0 Å². The molecule has 4 unspecified atom stereocenters. The van der Waals surface area contributed by atoms with E-state index in [9.17, 15) is 0 Å². The monoisotopic (exact) mass is 278 g/mol. The predicted octanol–water partition coefficient (Wildman–Crippen LogP) is 4.49. The van der Waals surface area contributed by atoms with Gasteiger partial charge in [0.1, 0.15) is 0 Å². The van der Waals surface area contributed by atoms with Crippen molar-refractivity contribution in [1.82, 2.24) is 4.57 Å². The Labute approximate surface area is 126 Å². The lowest BCUT2D eigenvalue weighted by Gasteiger charge is -2.27. The van der Waals surface area contributed by atoms with Crippen LogP contribution in [0.2, 0.25) is 0 Å². The summed E-state index contributed by atoms with van der Waals surface area (Å²) in [7, 11) is 0. The van der Waals surface area contributed by atoms with Gasteiger partial charge in [0.05, 0.1) is 0 Å². The highest BCUT2D eigenvalue weighted by atomic mass is 15.0. The van der Waals surface area contributed by atoms with E-state index in [1.54, 1.807) is 0 Å². The Morgan fingerprint density at radius 2 is 1.95 bits per heavy atom. The van der Waals surface area contributed by atoms with Gasteiger partial charge in [-0.3, -0.25) is 0 Å². The quantitative estimate of drug-likeness (QED) is 0.815. The van der Waals surface area contributed by atoms with E-state index in [1.807, 2.05) is 0 Å². The van der Waals surface area contributed by atoms with Crippen LogP contribution in [0.5, 0.6) is 0 Å². The molecule has 4 rings (SSSR count). The molecule has 1 aromatic heterocycles. The van der Waals surface area contributed by atoms with Crippen molar-refractivity contribution < 1.29 is 0 Å². The Morgan fingerprint density at radius 3 is 2.67 bits per heavy atom. The van der Waals surface area contributed by atoms with Crippen LogP contribution in [-0.2, 0) is 0 Å². The molecule has 1 saturated carbocycles. The van der Waals surface area contributed by atoms with Gasteiger partial charge < -0.3 is 9.88 Å². The third-order valence-electron chi connectivity index (χ3n) is 5.12. The first-order valence-corrected chi connectivity index (χ1v) is 7.98. The fourth-order valence-corrected chi connectivity index (χ4v) is 4.03. The van der Waals surface area contributed by atoms with E-state index in [4.69, 9.17) is 0 Å². The molecule has 108 valence electrons. The van der Waals surface area contributed by atoms with Crippen molar-refractivity contribution in [2.24, 2.45) is 17.8 Å². The molecule has 4 atom stereocenters. The van der Waals surface area contributed by atoms with E-state index in [0.717, 1.165) is 17.8 Å². The van der Waals surface area contributed by atoms with Gasteiger partial charge in [-0.25, -0.2) is 0 Å². The van der Waals surface area contributed by atoms with Gasteiger partial charge in [-0.1, -0.05) is 18.2 Å². The van der Waals surface area contributed by atoms with Crippen LogP contribution in [0, 0.1) is 17.8 Å². The lowest BCUT2D eigenvalue weighted by molar-refractivity contribution is 0.400. The van der Waals surface area contributed by atoms with Crippen LogP contribution in [-0.4, -0.2) is 10.6 Å². The molecule has 0 saturated heterocycles. The van der Waals surface area contributed by atoms with Crippen LogP contribution in [0.1, 0.15) is 19.8 Å². The Balaban J connectivity index is 1.49. The summed E-state index contributed by atoms with van der Waals surface area (Å²) in [6.45, 7) is 2.33. The molecule has 1 heterocycles. The van der Waals surface area contributed by atoms with Crippen LogP contribution >= 0.6 is 0 Å². The first-order chi connectivity index (χ1) is 10.3. The van der Waals surface area contributed by atoms with Crippen molar-refractivity contribution in [3.05, 3.63) is 60.9 Å². The summed E-state index contributed by atoms with van der Waals surface area (Å²) < 4.78 is 2.15. The smallest absolute Gasteiger partial charge is 0.0469 e. The summed E-state index contributed by atoms with van der Waals surface area (Å²) in [5.41, 5.74) is 2.44. The third-order valence-corrected chi connectivity index (χ3v) is 5.12. The minimum absolute atomic E-state index is 0.532. The Morgan fingerprint density at radius 1 is 1.10 bits per heavy atom. The molecule has 1 fully saturated rings. The second-order valence-electron chi connectivity index (χ2n) is 6.52. The second kappa shape index (κ2) is 5.10. The molecule has 0 radical (unpaired) electrons.